The number of rotatable bonds is 6. The average Bonchev–Trinajstić information content (AvgIpc) is 2.79. The largest absolute Gasteiger partial charge is 0.481 e. The van der Waals surface area contributed by atoms with Crippen LogP contribution < -0.4 is 15.7 Å². The van der Waals surface area contributed by atoms with E-state index in [-0.39, 0.29) is 23.4 Å². The molecule has 2 aliphatic carbocycles. The molecule has 1 fully saturated rings. The minimum atomic E-state index is -0.787. The fourth-order valence-electron chi connectivity index (χ4n) is 4.78. The molecule has 8 heteroatoms. The predicted octanol–water partition coefficient (Wildman–Crippen LogP) is 4.10. The molecule has 7 nitrogen and oxygen atoms in total. The van der Waals surface area contributed by atoms with E-state index in [1.807, 2.05) is 0 Å². The second-order valence-corrected chi connectivity index (χ2v) is 9.30. The molecule has 0 unspecified atom stereocenters. The first kappa shape index (κ1) is 22.6. The van der Waals surface area contributed by atoms with Crippen LogP contribution in [0, 0.1) is 11.8 Å². The van der Waals surface area contributed by atoms with Crippen LogP contribution >= 0.6 is 11.6 Å². The molecular formula is C24H28ClNO6. The summed E-state index contributed by atoms with van der Waals surface area (Å²) in [6, 6.07) is 3.34. The van der Waals surface area contributed by atoms with Crippen molar-refractivity contribution >= 4 is 34.4 Å². The zero-order valence-electron chi connectivity index (χ0n) is 18.1. The standard InChI is InChI=1S/C24H28ClNO6/c1-13(22(27)26-12-14-6-8-15(9-7-14)23(28)29)31-21-11-20-18(10-19(21)25)16-4-2-3-5-17(16)24(30)32-20/h10-11,13-15H,2-9,12H2,1H3,(H,26,27)(H,28,29)/t13-,14?,15?/m1/s1. The maximum absolute atomic E-state index is 12.5. The summed E-state index contributed by atoms with van der Waals surface area (Å²) in [7, 11) is 0. The van der Waals surface area contributed by atoms with Crippen LogP contribution in [0.1, 0.15) is 56.6 Å². The van der Waals surface area contributed by atoms with E-state index in [2.05, 4.69) is 5.32 Å². The summed E-state index contributed by atoms with van der Waals surface area (Å²) in [5, 5.41) is 13.2. The van der Waals surface area contributed by atoms with E-state index in [9.17, 15) is 14.4 Å². The molecule has 0 aliphatic heterocycles. The molecule has 1 atom stereocenters. The van der Waals surface area contributed by atoms with E-state index in [1.54, 1.807) is 19.1 Å². The van der Waals surface area contributed by atoms with E-state index in [0.717, 1.165) is 55.0 Å². The zero-order valence-corrected chi connectivity index (χ0v) is 18.9. The summed E-state index contributed by atoms with van der Waals surface area (Å²) >= 11 is 6.45. The fourth-order valence-corrected chi connectivity index (χ4v) is 4.99. The van der Waals surface area contributed by atoms with Crippen LogP contribution in [-0.2, 0) is 22.4 Å². The minimum absolute atomic E-state index is 0.270. The van der Waals surface area contributed by atoms with Crippen molar-refractivity contribution in [3.63, 3.8) is 0 Å². The normalized spacial score (nSPS) is 21.6. The molecule has 1 aromatic heterocycles. The van der Waals surface area contributed by atoms with Crippen LogP contribution in [-0.4, -0.2) is 29.6 Å². The Bertz CT molecular complexity index is 1090. The number of carbonyl (C=O) groups is 2. The summed E-state index contributed by atoms with van der Waals surface area (Å²) < 4.78 is 11.3. The topological polar surface area (TPSA) is 106 Å². The fraction of sp³-hybridized carbons (Fsp3) is 0.542. The molecule has 0 spiro atoms. The quantitative estimate of drug-likeness (QED) is 0.627. The summed E-state index contributed by atoms with van der Waals surface area (Å²) in [6.45, 7) is 2.13. The maximum atomic E-state index is 12.5. The van der Waals surface area contributed by atoms with E-state index in [0.29, 0.717) is 35.7 Å². The van der Waals surface area contributed by atoms with Crippen molar-refractivity contribution in [2.45, 2.75) is 64.4 Å². The number of nitrogens with one attached hydrogen (secondary N) is 1. The number of carboxylic acid groups (broad SMARTS) is 1. The molecule has 1 amide bonds. The Morgan fingerprint density at radius 3 is 2.56 bits per heavy atom. The van der Waals surface area contributed by atoms with Gasteiger partial charge in [0.15, 0.2) is 6.10 Å². The van der Waals surface area contributed by atoms with Gasteiger partial charge in [-0.2, -0.15) is 0 Å². The number of carboxylic acids is 1. The molecule has 2 aromatic rings. The van der Waals surface area contributed by atoms with E-state index >= 15 is 0 Å². The minimum Gasteiger partial charge on any atom is -0.481 e. The second-order valence-electron chi connectivity index (χ2n) is 8.89. The lowest BCUT2D eigenvalue weighted by atomic mass is 9.82. The lowest BCUT2D eigenvalue weighted by molar-refractivity contribution is -0.143. The lowest BCUT2D eigenvalue weighted by Crippen LogP contribution is -2.39. The number of fused-ring (bicyclic) bond motifs is 3. The van der Waals surface area contributed by atoms with Crippen molar-refractivity contribution in [3.05, 3.63) is 38.7 Å². The van der Waals surface area contributed by atoms with Crippen LogP contribution in [0.5, 0.6) is 5.75 Å². The third kappa shape index (κ3) is 4.77. The van der Waals surface area contributed by atoms with Gasteiger partial charge in [0, 0.05) is 23.6 Å². The Hall–Kier alpha value is -2.54. The van der Waals surface area contributed by atoms with Crippen molar-refractivity contribution in [2.75, 3.05) is 6.54 Å². The van der Waals surface area contributed by atoms with Gasteiger partial charge in [-0.3, -0.25) is 9.59 Å². The molecule has 32 heavy (non-hydrogen) atoms. The maximum Gasteiger partial charge on any atom is 0.339 e. The van der Waals surface area contributed by atoms with Gasteiger partial charge in [-0.05, 0) is 75.8 Å². The van der Waals surface area contributed by atoms with Crippen LogP contribution in [0.4, 0.5) is 0 Å². The van der Waals surface area contributed by atoms with Crippen molar-refractivity contribution in [3.8, 4) is 5.75 Å². The van der Waals surface area contributed by atoms with Crippen molar-refractivity contribution < 1.29 is 23.8 Å². The Morgan fingerprint density at radius 1 is 1.19 bits per heavy atom. The van der Waals surface area contributed by atoms with E-state index in [1.165, 1.54) is 0 Å². The highest BCUT2D eigenvalue weighted by molar-refractivity contribution is 6.32. The van der Waals surface area contributed by atoms with Crippen LogP contribution in [0.25, 0.3) is 11.0 Å². The average molecular weight is 462 g/mol. The van der Waals surface area contributed by atoms with Gasteiger partial charge in [0.2, 0.25) is 0 Å². The Morgan fingerprint density at radius 2 is 1.88 bits per heavy atom. The molecular weight excluding hydrogens is 434 g/mol. The first-order valence-corrected chi connectivity index (χ1v) is 11.7. The molecule has 172 valence electrons. The van der Waals surface area contributed by atoms with Gasteiger partial charge >= 0.3 is 11.6 Å². The lowest BCUT2D eigenvalue weighted by Gasteiger charge is -2.26. The van der Waals surface area contributed by atoms with Gasteiger partial charge < -0.3 is 19.6 Å². The van der Waals surface area contributed by atoms with Gasteiger partial charge in [-0.15, -0.1) is 0 Å². The number of halogens is 1. The van der Waals surface area contributed by atoms with Crippen LogP contribution in [0.2, 0.25) is 5.02 Å². The van der Waals surface area contributed by atoms with Gasteiger partial charge in [0.25, 0.3) is 5.91 Å². The number of carbonyl (C=O) groups excluding carboxylic acids is 1. The predicted molar refractivity (Wildman–Crippen MR) is 120 cm³/mol. The van der Waals surface area contributed by atoms with Crippen molar-refractivity contribution in [2.24, 2.45) is 11.8 Å². The first-order chi connectivity index (χ1) is 15.3. The highest BCUT2D eigenvalue weighted by Crippen LogP contribution is 2.35. The summed E-state index contributed by atoms with van der Waals surface area (Å²) in [5.41, 5.74) is 1.83. The molecule has 0 saturated heterocycles. The smallest absolute Gasteiger partial charge is 0.339 e. The molecule has 1 saturated carbocycles. The first-order valence-electron chi connectivity index (χ1n) is 11.3. The van der Waals surface area contributed by atoms with Gasteiger partial charge in [0.1, 0.15) is 11.3 Å². The Labute approximate surface area is 191 Å². The number of aliphatic carboxylic acids is 1. The number of hydrogen-bond donors (Lipinski definition) is 2. The second kappa shape index (κ2) is 9.53. The third-order valence-electron chi connectivity index (χ3n) is 6.71. The van der Waals surface area contributed by atoms with Crippen LogP contribution in [0.15, 0.2) is 21.3 Å². The van der Waals surface area contributed by atoms with E-state index < -0.39 is 12.1 Å². The molecule has 1 heterocycles. The van der Waals surface area contributed by atoms with Gasteiger partial charge in [-0.25, -0.2) is 4.79 Å². The number of amides is 1. The number of aryl methyl sites for hydroxylation is 1. The highest BCUT2D eigenvalue weighted by Gasteiger charge is 2.27. The number of hydrogen-bond acceptors (Lipinski definition) is 5. The Balaban J connectivity index is 1.40. The molecule has 1 aromatic carbocycles. The molecule has 2 aliphatic rings. The molecule has 0 bridgehead atoms. The number of ether oxygens (including phenoxy) is 1. The molecule has 2 N–H and O–H groups in total. The number of benzene rings is 1. The van der Waals surface area contributed by atoms with Crippen LogP contribution in [0.3, 0.4) is 0 Å². The van der Waals surface area contributed by atoms with Crippen molar-refractivity contribution in [1.29, 1.82) is 0 Å². The highest BCUT2D eigenvalue weighted by atomic mass is 35.5. The summed E-state index contributed by atoms with van der Waals surface area (Å²) in [4.78, 5) is 36.0. The summed E-state index contributed by atoms with van der Waals surface area (Å²) in [5.74, 6) is -0.717. The monoisotopic (exact) mass is 461 g/mol. The van der Waals surface area contributed by atoms with Gasteiger partial charge in [0.05, 0.1) is 10.9 Å². The molecule has 0 radical (unpaired) electrons. The van der Waals surface area contributed by atoms with Crippen molar-refractivity contribution in [1.82, 2.24) is 5.32 Å². The zero-order chi connectivity index (χ0) is 22.8. The van der Waals surface area contributed by atoms with Gasteiger partial charge in [-0.1, -0.05) is 11.6 Å². The van der Waals surface area contributed by atoms with E-state index in [4.69, 9.17) is 25.9 Å². The Kier molecular flexibility index (Phi) is 6.74. The third-order valence-corrected chi connectivity index (χ3v) is 7.01. The SMILES string of the molecule is C[C@@H](Oc1cc2oc(=O)c3c(c2cc1Cl)CCCC3)C(=O)NCC1CCC(C(=O)O)CC1. The molecule has 4 rings (SSSR count). The summed E-state index contributed by atoms with van der Waals surface area (Å²) in [6.07, 6.45) is 5.61.